The molecule has 2 rings (SSSR count). The molecule has 0 saturated carbocycles. The Kier molecular flexibility index (Phi) is 2.64. The largest absolute Gasteiger partial charge is 0.371 e. The maximum absolute atomic E-state index is 6.01. The first kappa shape index (κ1) is 10.8. The predicted molar refractivity (Wildman–Crippen MR) is 56.7 cm³/mol. The molecule has 0 spiro atoms. The number of nitrogens with zero attached hydrogens (tertiary/aromatic N) is 2. The van der Waals surface area contributed by atoms with Gasteiger partial charge in [0.2, 0.25) is 0 Å². The maximum atomic E-state index is 6.01. The summed E-state index contributed by atoms with van der Waals surface area (Å²) in [4.78, 5) is 0. The molecule has 0 aromatic rings. The first-order valence-electron chi connectivity index (χ1n) is 5.14. The van der Waals surface area contributed by atoms with Gasteiger partial charge in [-0.1, -0.05) is 9.80 Å². The summed E-state index contributed by atoms with van der Waals surface area (Å²) in [5.74, 6) is 6.01. The van der Waals surface area contributed by atoms with E-state index < -0.39 is 0 Å². The molecule has 2 atom stereocenters. The SMILES string of the molecule is CC(C)(C[N+]1(N)C=CC=N1)OC[C@H]1CO1. The molecule has 0 radical (unpaired) electrons. The molecule has 1 unspecified atom stereocenters. The number of quaternary nitrogens is 1. The fraction of sp³-hybridized carbons (Fsp3) is 0.700. The molecule has 0 amide bonds. The van der Waals surface area contributed by atoms with Crippen molar-refractivity contribution in [3.05, 3.63) is 12.3 Å². The Morgan fingerprint density at radius 2 is 2.40 bits per heavy atom. The van der Waals surface area contributed by atoms with Gasteiger partial charge in [-0.25, -0.2) is 0 Å². The van der Waals surface area contributed by atoms with Crippen molar-refractivity contribution in [3.8, 4) is 0 Å². The van der Waals surface area contributed by atoms with Gasteiger partial charge in [0.25, 0.3) is 0 Å². The van der Waals surface area contributed by atoms with Crippen LogP contribution in [-0.2, 0) is 9.47 Å². The lowest BCUT2D eigenvalue weighted by molar-refractivity contribution is -0.901. The van der Waals surface area contributed by atoms with E-state index in [2.05, 4.69) is 5.10 Å². The molecule has 2 aliphatic rings. The number of hydrogen-bond donors (Lipinski definition) is 1. The second kappa shape index (κ2) is 3.68. The average Bonchev–Trinajstić information content (AvgIpc) is 2.86. The highest BCUT2D eigenvalue weighted by Crippen LogP contribution is 2.20. The van der Waals surface area contributed by atoms with E-state index in [0.29, 0.717) is 13.2 Å². The van der Waals surface area contributed by atoms with Gasteiger partial charge in [0.05, 0.1) is 19.4 Å². The number of rotatable bonds is 5. The zero-order valence-electron chi connectivity index (χ0n) is 9.22. The number of hydrogen-bond acceptors (Lipinski definition) is 4. The third kappa shape index (κ3) is 3.10. The maximum Gasteiger partial charge on any atom is 0.155 e. The van der Waals surface area contributed by atoms with E-state index in [1.807, 2.05) is 26.1 Å². The highest BCUT2D eigenvalue weighted by Gasteiger charge is 2.35. The van der Waals surface area contributed by atoms with Crippen LogP contribution < -0.4 is 5.84 Å². The number of nitrogens with two attached hydrogens (primary N) is 1. The summed E-state index contributed by atoms with van der Waals surface area (Å²) in [5.41, 5.74) is -0.299. The summed E-state index contributed by atoms with van der Waals surface area (Å²) < 4.78 is 10.9. The molecule has 2 heterocycles. The minimum atomic E-state index is -0.299. The molecule has 1 fully saturated rings. The Morgan fingerprint density at radius 3 is 2.93 bits per heavy atom. The molecule has 5 nitrogen and oxygen atoms in total. The Balaban J connectivity index is 1.84. The van der Waals surface area contributed by atoms with Crippen molar-refractivity contribution < 1.29 is 14.2 Å². The quantitative estimate of drug-likeness (QED) is 0.407. The summed E-state index contributed by atoms with van der Waals surface area (Å²) >= 11 is 0. The van der Waals surface area contributed by atoms with Gasteiger partial charge in [-0.2, -0.15) is 0 Å². The lowest BCUT2D eigenvalue weighted by atomic mass is 10.1. The zero-order chi connectivity index (χ0) is 10.9. The summed E-state index contributed by atoms with van der Waals surface area (Å²) in [5, 5.41) is 4.16. The Labute approximate surface area is 89.7 Å². The third-order valence-electron chi connectivity index (χ3n) is 2.41. The van der Waals surface area contributed by atoms with Crippen molar-refractivity contribution in [2.24, 2.45) is 10.9 Å². The van der Waals surface area contributed by atoms with Gasteiger partial charge in [-0.15, -0.1) is 5.84 Å². The van der Waals surface area contributed by atoms with Gasteiger partial charge in [-0.05, 0) is 13.8 Å². The second-order valence-electron chi connectivity index (χ2n) is 4.68. The van der Waals surface area contributed by atoms with E-state index in [9.17, 15) is 0 Å². The fourth-order valence-corrected chi connectivity index (χ4v) is 1.62. The molecular formula is C10H18N3O2+. The normalized spacial score (nSPS) is 33.7. The predicted octanol–water partition coefficient (Wildman–Crippen LogP) is 0.384. The van der Waals surface area contributed by atoms with E-state index in [0.717, 1.165) is 6.61 Å². The van der Waals surface area contributed by atoms with Crippen molar-refractivity contribution in [2.45, 2.75) is 25.6 Å². The topological polar surface area (TPSA) is 60.1 Å². The minimum absolute atomic E-state index is 0.0680. The molecule has 0 aromatic heterocycles. The summed E-state index contributed by atoms with van der Waals surface area (Å²) in [7, 11) is 0. The van der Waals surface area contributed by atoms with Gasteiger partial charge in [0.15, 0.2) is 6.54 Å². The van der Waals surface area contributed by atoms with E-state index in [1.54, 1.807) is 6.21 Å². The van der Waals surface area contributed by atoms with E-state index >= 15 is 0 Å². The van der Waals surface area contributed by atoms with Crippen molar-refractivity contribution in [3.63, 3.8) is 0 Å². The Morgan fingerprint density at radius 1 is 1.67 bits per heavy atom. The van der Waals surface area contributed by atoms with Gasteiger partial charge >= 0.3 is 0 Å². The Bertz CT molecular complexity index is 283. The second-order valence-corrected chi connectivity index (χ2v) is 4.68. The van der Waals surface area contributed by atoms with E-state index in [1.165, 1.54) is 0 Å². The van der Waals surface area contributed by atoms with Crippen LogP contribution in [0.25, 0.3) is 0 Å². The van der Waals surface area contributed by atoms with Crippen LogP contribution in [0.2, 0.25) is 0 Å². The van der Waals surface area contributed by atoms with Crippen LogP contribution in [-0.4, -0.2) is 42.4 Å². The van der Waals surface area contributed by atoms with Gasteiger partial charge in [-0.3, -0.25) is 0 Å². The van der Waals surface area contributed by atoms with Crippen molar-refractivity contribution >= 4 is 6.21 Å². The van der Waals surface area contributed by atoms with Gasteiger partial charge < -0.3 is 9.47 Å². The molecule has 15 heavy (non-hydrogen) atoms. The molecule has 84 valence electrons. The number of epoxide rings is 1. The molecular weight excluding hydrogens is 194 g/mol. The lowest BCUT2D eigenvalue weighted by Gasteiger charge is -2.30. The molecule has 5 heteroatoms. The van der Waals surface area contributed by atoms with Crippen molar-refractivity contribution in [1.29, 1.82) is 0 Å². The smallest absolute Gasteiger partial charge is 0.155 e. The van der Waals surface area contributed by atoms with Crippen LogP contribution in [0.4, 0.5) is 0 Å². The Hall–Kier alpha value is -0.750. The minimum Gasteiger partial charge on any atom is -0.371 e. The standard InChI is InChI=1S/C10H18N3O2/c1-10(2,15-7-9-6-14-9)8-13(11)5-3-4-12-13/h3-5,9H,6-8,11H2,1-2H3/q+1/t9-,13?/m1/s1. The van der Waals surface area contributed by atoms with Crippen LogP contribution in [0.15, 0.2) is 17.4 Å². The number of ether oxygens (including phenoxy) is 2. The summed E-state index contributed by atoms with van der Waals surface area (Å²) in [6.07, 6.45) is 5.69. The molecule has 1 saturated heterocycles. The van der Waals surface area contributed by atoms with Crippen LogP contribution in [0, 0.1) is 0 Å². The van der Waals surface area contributed by atoms with Crippen LogP contribution in [0.1, 0.15) is 13.8 Å². The molecule has 0 aromatic carbocycles. The average molecular weight is 212 g/mol. The summed E-state index contributed by atoms with van der Waals surface area (Å²) in [6, 6.07) is 0. The first-order chi connectivity index (χ1) is 6.99. The van der Waals surface area contributed by atoms with Gasteiger partial charge in [0.1, 0.15) is 17.9 Å². The fourth-order valence-electron chi connectivity index (χ4n) is 1.62. The first-order valence-corrected chi connectivity index (χ1v) is 5.14. The van der Waals surface area contributed by atoms with Crippen molar-refractivity contribution in [1.82, 2.24) is 0 Å². The van der Waals surface area contributed by atoms with Gasteiger partial charge in [0, 0.05) is 6.08 Å². The van der Waals surface area contributed by atoms with Crippen LogP contribution in [0.5, 0.6) is 0 Å². The molecule has 0 bridgehead atoms. The highest BCUT2D eigenvalue weighted by molar-refractivity contribution is 5.71. The van der Waals surface area contributed by atoms with E-state index in [4.69, 9.17) is 15.3 Å². The van der Waals surface area contributed by atoms with Crippen LogP contribution in [0.3, 0.4) is 0 Å². The third-order valence-corrected chi connectivity index (χ3v) is 2.41. The zero-order valence-corrected chi connectivity index (χ0v) is 9.22. The monoisotopic (exact) mass is 212 g/mol. The highest BCUT2D eigenvalue weighted by atomic mass is 16.6. The van der Waals surface area contributed by atoms with Crippen LogP contribution >= 0.6 is 0 Å². The van der Waals surface area contributed by atoms with E-state index in [-0.39, 0.29) is 16.4 Å². The number of allylic oxidation sites excluding steroid dienone is 1. The molecule has 2 aliphatic heterocycles. The molecule has 0 aliphatic carbocycles. The lowest BCUT2D eigenvalue weighted by Crippen LogP contribution is -2.52. The molecule has 2 N–H and O–H groups in total. The summed E-state index contributed by atoms with van der Waals surface area (Å²) in [6.45, 7) is 6.11. The van der Waals surface area contributed by atoms with Crippen molar-refractivity contribution in [2.75, 3.05) is 19.8 Å².